The minimum Gasteiger partial charge on any atom is -0.484 e. The number of amides is 1. The lowest BCUT2D eigenvalue weighted by molar-refractivity contribution is -0.118. The quantitative estimate of drug-likeness (QED) is 0.802. The maximum atomic E-state index is 12.9. The number of benzene rings is 2. The van der Waals surface area contributed by atoms with Crippen LogP contribution in [-0.2, 0) is 14.8 Å². The monoisotopic (exact) mass is 402 g/mol. The molecule has 1 heterocycles. The van der Waals surface area contributed by atoms with Crippen LogP contribution in [0.4, 0.5) is 5.69 Å². The van der Waals surface area contributed by atoms with E-state index in [1.165, 1.54) is 10.4 Å². The molecule has 1 fully saturated rings. The molecule has 28 heavy (non-hydrogen) atoms. The maximum absolute atomic E-state index is 12.9. The molecule has 0 aliphatic carbocycles. The number of nitrogens with one attached hydrogen (secondary N) is 1. The zero-order valence-corrected chi connectivity index (χ0v) is 17.1. The Hall–Kier alpha value is -2.38. The Bertz CT molecular complexity index is 933. The number of hydrogen-bond donors (Lipinski definition) is 1. The van der Waals surface area contributed by atoms with Gasteiger partial charge in [0.1, 0.15) is 5.75 Å². The predicted octanol–water partition coefficient (Wildman–Crippen LogP) is 3.50. The van der Waals surface area contributed by atoms with E-state index in [0.29, 0.717) is 24.5 Å². The summed E-state index contributed by atoms with van der Waals surface area (Å²) >= 11 is 0. The molecule has 0 radical (unpaired) electrons. The minimum atomic E-state index is -3.55. The largest absolute Gasteiger partial charge is 0.484 e. The molecule has 7 heteroatoms. The van der Waals surface area contributed by atoms with Crippen molar-refractivity contribution >= 4 is 21.6 Å². The van der Waals surface area contributed by atoms with Gasteiger partial charge in [-0.25, -0.2) is 8.42 Å². The first-order chi connectivity index (χ1) is 13.4. The number of anilines is 1. The van der Waals surface area contributed by atoms with E-state index in [1.54, 1.807) is 24.3 Å². The van der Waals surface area contributed by atoms with Crippen LogP contribution in [-0.4, -0.2) is 38.3 Å². The number of carbonyl (C=O) groups is 1. The number of sulfonamides is 1. The van der Waals surface area contributed by atoms with Crippen molar-refractivity contribution in [1.29, 1.82) is 0 Å². The van der Waals surface area contributed by atoms with Crippen LogP contribution in [0.25, 0.3) is 0 Å². The summed E-state index contributed by atoms with van der Waals surface area (Å²) in [6.07, 6.45) is 2.82. The molecule has 1 amide bonds. The fraction of sp³-hybridized carbons (Fsp3) is 0.381. The van der Waals surface area contributed by atoms with E-state index in [4.69, 9.17) is 4.74 Å². The van der Waals surface area contributed by atoms with E-state index in [1.807, 2.05) is 26.0 Å². The van der Waals surface area contributed by atoms with Crippen molar-refractivity contribution < 1.29 is 17.9 Å². The standard InChI is InChI=1S/C21H26N2O4S/c1-16-6-9-18(10-7-16)27-15-21(24)22-20-14-19(11-8-17(20)2)28(25,26)23-12-4-3-5-13-23/h6-11,14H,3-5,12-13,15H2,1-2H3,(H,22,24). The van der Waals surface area contributed by atoms with Crippen molar-refractivity contribution in [2.75, 3.05) is 25.0 Å². The molecule has 3 rings (SSSR count). The normalized spacial score (nSPS) is 15.2. The van der Waals surface area contributed by atoms with Gasteiger partial charge in [0, 0.05) is 18.8 Å². The lowest BCUT2D eigenvalue weighted by Gasteiger charge is -2.26. The molecule has 1 saturated heterocycles. The zero-order chi connectivity index (χ0) is 20.1. The Morgan fingerprint density at radius 1 is 1.04 bits per heavy atom. The Labute approximate surface area is 166 Å². The van der Waals surface area contributed by atoms with Crippen LogP contribution >= 0.6 is 0 Å². The number of nitrogens with zero attached hydrogens (tertiary/aromatic N) is 1. The second-order valence-corrected chi connectivity index (χ2v) is 9.03. The lowest BCUT2D eigenvalue weighted by atomic mass is 10.2. The third-order valence-corrected chi connectivity index (χ3v) is 6.72. The Kier molecular flexibility index (Phi) is 6.36. The summed E-state index contributed by atoms with van der Waals surface area (Å²) < 4.78 is 32.7. The van der Waals surface area contributed by atoms with E-state index < -0.39 is 10.0 Å². The van der Waals surface area contributed by atoms with Gasteiger partial charge in [0.25, 0.3) is 5.91 Å². The van der Waals surface area contributed by atoms with Gasteiger partial charge in [-0.05, 0) is 56.5 Å². The third-order valence-electron chi connectivity index (χ3n) is 4.83. The summed E-state index contributed by atoms with van der Waals surface area (Å²) in [4.78, 5) is 12.5. The number of piperidine rings is 1. The van der Waals surface area contributed by atoms with Gasteiger partial charge in [0.15, 0.2) is 6.61 Å². The van der Waals surface area contributed by atoms with Gasteiger partial charge in [0.05, 0.1) is 4.90 Å². The van der Waals surface area contributed by atoms with Crippen LogP contribution in [0.2, 0.25) is 0 Å². The number of ether oxygens (including phenoxy) is 1. The predicted molar refractivity (Wildman–Crippen MR) is 109 cm³/mol. The van der Waals surface area contributed by atoms with E-state index in [9.17, 15) is 13.2 Å². The van der Waals surface area contributed by atoms with Crippen molar-refractivity contribution in [3.05, 3.63) is 53.6 Å². The Morgan fingerprint density at radius 3 is 2.39 bits per heavy atom. The van der Waals surface area contributed by atoms with Crippen LogP contribution in [0, 0.1) is 13.8 Å². The minimum absolute atomic E-state index is 0.147. The molecule has 2 aromatic carbocycles. The van der Waals surface area contributed by atoms with Crippen LogP contribution in [0.1, 0.15) is 30.4 Å². The molecular formula is C21H26N2O4S. The van der Waals surface area contributed by atoms with Crippen LogP contribution < -0.4 is 10.1 Å². The van der Waals surface area contributed by atoms with Gasteiger partial charge in [0.2, 0.25) is 10.0 Å². The summed E-state index contributed by atoms with van der Waals surface area (Å²) in [5.74, 6) is 0.273. The first kappa shape index (κ1) is 20.4. The average Bonchev–Trinajstić information content (AvgIpc) is 2.70. The van der Waals surface area contributed by atoms with Crippen LogP contribution in [0.5, 0.6) is 5.75 Å². The van der Waals surface area contributed by atoms with Crippen molar-refractivity contribution in [3.63, 3.8) is 0 Å². The number of rotatable bonds is 6. The molecule has 0 unspecified atom stereocenters. The molecule has 0 saturated carbocycles. The molecule has 6 nitrogen and oxygen atoms in total. The third kappa shape index (κ3) is 4.91. The molecule has 0 aromatic heterocycles. The summed E-state index contributed by atoms with van der Waals surface area (Å²) in [6, 6.07) is 12.3. The highest BCUT2D eigenvalue weighted by atomic mass is 32.2. The highest BCUT2D eigenvalue weighted by molar-refractivity contribution is 7.89. The van der Waals surface area contributed by atoms with Crippen molar-refractivity contribution in [2.24, 2.45) is 0 Å². The van der Waals surface area contributed by atoms with Crippen molar-refractivity contribution in [1.82, 2.24) is 4.31 Å². The molecule has 1 aliphatic heterocycles. The van der Waals surface area contributed by atoms with Gasteiger partial charge in [-0.1, -0.05) is 30.2 Å². The summed E-state index contributed by atoms with van der Waals surface area (Å²) in [5.41, 5.74) is 2.39. The molecular weight excluding hydrogens is 376 g/mol. The number of aryl methyl sites for hydroxylation is 2. The van der Waals surface area contributed by atoms with Gasteiger partial charge in [-0.3, -0.25) is 4.79 Å². The van der Waals surface area contributed by atoms with Crippen LogP contribution in [0.3, 0.4) is 0 Å². The highest BCUT2D eigenvalue weighted by Crippen LogP contribution is 2.25. The molecule has 2 aromatic rings. The Morgan fingerprint density at radius 2 is 1.71 bits per heavy atom. The van der Waals surface area contributed by atoms with Crippen molar-refractivity contribution in [2.45, 2.75) is 38.0 Å². The van der Waals surface area contributed by atoms with E-state index in [2.05, 4.69) is 5.32 Å². The van der Waals surface area contributed by atoms with Gasteiger partial charge < -0.3 is 10.1 Å². The van der Waals surface area contributed by atoms with Crippen LogP contribution in [0.15, 0.2) is 47.4 Å². The molecule has 0 atom stereocenters. The molecule has 0 bridgehead atoms. The lowest BCUT2D eigenvalue weighted by Crippen LogP contribution is -2.35. The van der Waals surface area contributed by atoms with E-state index >= 15 is 0 Å². The van der Waals surface area contributed by atoms with E-state index in [0.717, 1.165) is 30.4 Å². The fourth-order valence-electron chi connectivity index (χ4n) is 3.12. The highest BCUT2D eigenvalue weighted by Gasteiger charge is 2.26. The second kappa shape index (κ2) is 8.75. The average molecular weight is 403 g/mol. The van der Waals surface area contributed by atoms with Gasteiger partial charge in [-0.2, -0.15) is 4.31 Å². The summed E-state index contributed by atoms with van der Waals surface area (Å²) in [5, 5.41) is 2.76. The summed E-state index contributed by atoms with van der Waals surface area (Å²) in [7, 11) is -3.55. The van der Waals surface area contributed by atoms with Crippen molar-refractivity contribution in [3.8, 4) is 5.75 Å². The molecule has 1 N–H and O–H groups in total. The topological polar surface area (TPSA) is 75.7 Å². The zero-order valence-electron chi connectivity index (χ0n) is 16.3. The van der Waals surface area contributed by atoms with Gasteiger partial charge >= 0.3 is 0 Å². The smallest absolute Gasteiger partial charge is 0.262 e. The molecule has 1 aliphatic rings. The van der Waals surface area contributed by atoms with E-state index in [-0.39, 0.29) is 17.4 Å². The second-order valence-electron chi connectivity index (χ2n) is 7.09. The molecule has 0 spiro atoms. The summed E-state index contributed by atoms with van der Waals surface area (Å²) in [6.45, 7) is 4.74. The SMILES string of the molecule is Cc1ccc(OCC(=O)Nc2cc(S(=O)(=O)N3CCCCC3)ccc2C)cc1. The fourth-order valence-corrected chi connectivity index (χ4v) is 4.66. The number of carbonyl (C=O) groups excluding carboxylic acids is 1. The first-order valence-corrected chi connectivity index (χ1v) is 10.9. The molecule has 150 valence electrons. The maximum Gasteiger partial charge on any atom is 0.262 e. The number of hydrogen-bond acceptors (Lipinski definition) is 4. The van der Waals surface area contributed by atoms with Gasteiger partial charge in [-0.15, -0.1) is 0 Å². The first-order valence-electron chi connectivity index (χ1n) is 9.46. The Balaban J connectivity index is 1.68.